The first-order valence-electron chi connectivity index (χ1n) is 10.4. The molecule has 156 valence electrons. The summed E-state index contributed by atoms with van der Waals surface area (Å²) in [6.07, 6.45) is 8.34. The number of carbonyl (C=O) groups excluding carboxylic acids is 1. The molecule has 1 aromatic carbocycles. The molecule has 1 saturated heterocycles. The average molecular weight is 414 g/mol. The van der Waals surface area contributed by atoms with Crippen LogP contribution < -0.4 is 5.56 Å². The van der Waals surface area contributed by atoms with Crippen molar-refractivity contribution < 1.29 is 4.79 Å². The summed E-state index contributed by atoms with van der Waals surface area (Å²) in [5, 5.41) is 0. The number of nitrogens with zero attached hydrogens (tertiary/aromatic N) is 5. The molecule has 4 aromatic rings. The third-order valence-corrected chi connectivity index (χ3v) is 5.86. The number of nitrogens with one attached hydrogen (secondary N) is 1. The molecule has 4 heterocycles. The molecule has 0 saturated carbocycles. The third kappa shape index (κ3) is 3.96. The lowest BCUT2D eigenvalue weighted by atomic mass is 9.96. The van der Waals surface area contributed by atoms with E-state index in [2.05, 4.69) is 19.9 Å². The Hall–Kier alpha value is -3.81. The van der Waals surface area contributed by atoms with Gasteiger partial charge in [-0.15, -0.1) is 0 Å². The van der Waals surface area contributed by atoms with Crippen molar-refractivity contribution in [3.63, 3.8) is 0 Å². The van der Waals surface area contributed by atoms with Crippen LogP contribution in [0.15, 0.2) is 66.2 Å². The summed E-state index contributed by atoms with van der Waals surface area (Å²) < 4.78 is 1.66. The van der Waals surface area contributed by atoms with E-state index in [0.717, 1.165) is 29.4 Å². The van der Waals surface area contributed by atoms with E-state index in [-0.39, 0.29) is 11.5 Å². The number of likely N-dealkylation sites (tertiary alicyclic amines) is 1. The van der Waals surface area contributed by atoms with Crippen molar-refractivity contribution in [2.24, 2.45) is 5.92 Å². The molecule has 31 heavy (non-hydrogen) atoms. The maximum atomic E-state index is 12.9. The lowest BCUT2D eigenvalue weighted by Crippen LogP contribution is -2.40. The van der Waals surface area contributed by atoms with E-state index >= 15 is 0 Å². The van der Waals surface area contributed by atoms with Crippen LogP contribution in [0.3, 0.4) is 0 Å². The van der Waals surface area contributed by atoms with Crippen molar-refractivity contribution >= 4 is 16.9 Å². The van der Waals surface area contributed by atoms with Crippen molar-refractivity contribution in [2.45, 2.75) is 19.4 Å². The summed E-state index contributed by atoms with van der Waals surface area (Å²) in [7, 11) is 0. The molecule has 0 bridgehead atoms. The highest BCUT2D eigenvalue weighted by Crippen LogP contribution is 2.22. The Labute approximate surface area is 178 Å². The van der Waals surface area contributed by atoms with Gasteiger partial charge in [0.2, 0.25) is 0 Å². The second-order valence-corrected chi connectivity index (χ2v) is 7.88. The first-order chi connectivity index (χ1) is 15.2. The number of benzene rings is 1. The molecular weight excluding hydrogens is 392 g/mol. The Morgan fingerprint density at radius 1 is 1.13 bits per heavy atom. The lowest BCUT2D eigenvalue weighted by molar-refractivity contribution is 0.0682. The van der Waals surface area contributed by atoms with Crippen molar-refractivity contribution in [3.05, 3.63) is 77.4 Å². The van der Waals surface area contributed by atoms with Crippen LogP contribution in [0.2, 0.25) is 0 Å². The molecule has 1 aliphatic heterocycles. The Kier molecular flexibility index (Phi) is 5.03. The van der Waals surface area contributed by atoms with Gasteiger partial charge in [-0.3, -0.25) is 19.1 Å². The number of aromatic nitrogens is 5. The summed E-state index contributed by atoms with van der Waals surface area (Å²) >= 11 is 0. The van der Waals surface area contributed by atoms with Crippen LogP contribution in [0.25, 0.3) is 22.3 Å². The van der Waals surface area contributed by atoms with Gasteiger partial charge in [-0.2, -0.15) is 0 Å². The number of hydrogen-bond donors (Lipinski definition) is 1. The summed E-state index contributed by atoms with van der Waals surface area (Å²) in [6, 6.07) is 10.8. The van der Waals surface area contributed by atoms with Crippen molar-refractivity contribution in [1.29, 1.82) is 0 Å². The monoisotopic (exact) mass is 414 g/mol. The highest BCUT2D eigenvalue weighted by molar-refractivity contribution is 5.97. The van der Waals surface area contributed by atoms with Crippen molar-refractivity contribution in [3.8, 4) is 11.3 Å². The maximum absolute atomic E-state index is 12.9. The van der Waals surface area contributed by atoms with Gasteiger partial charge < -0.3 is 9.88 Å². The number of piperidine rings is 1. The minimum atomic E-state index is -0.0692. The highest BCUT2D eigenvalue weighted by Gasteiger charge is 2.24. The largest absolute Gasteiger partial charge is 0.345 e. The van der Waals surface area contributed by atoms with E-state index in [1.807, 2.05) is 35.2 Å². The van der Waals surface area contributed by atoms with Crippen LogP contribution >= 0.6 is 0 Å². The zero-order valence-electron chi connectivity index (χ0n) is 16.9. The number of pyridine rings is 1. The van der Waals surface area contributed by atoms with Gasteiger partial charge in [0.05, 0.1) is 29.4 Å². The van der Waals surface area contributed by atoms with Gasteiger partial charge in [0, 0.05) is 49.2 Å². The van der Waals surface area contributed by atoms with E-state index in [0.29, 0.717) is 36.8 Å². The quantitative estimate of drug-likeness (QED) is 0.554. The molecule has 1 amide bonds. The van der Waals surface area contributed by atoms with Crippen molar-refractivity contribution in [2.75, 3.05) is 13.1 Å². The van der Waals surface area contributed by atoms with Gasteiger partial charge in [0.15, 0.2) is 0 Å². The second kappa shape index (κ2) is 8.14. The van der Waals surface area contributed by atoms with E-state index in [1.165, 1.54) is 0 Å². The lowest BCUT2D eigenvalue weighted by Gasteiger charge is -2.32. The fourth-order valence-corrected chi connectivity index (χ4v) is 4.08. The van der Waals surface area contributed by atoms with Crippen LogP contribution in [0.4, 0.5) is 0 Å². The number of aromatic amines is 1. The van der Waals surface area contributed by atoms with E-state index in [4.69, 9.17) is 0 Å². The highest BCUT2D eigenvalue weighted by atomic mass is 16.2. The molecule has 3 aromatic heterocycles. The van der Waals surface area contributed by atoms with E-state index in [9.17, 15) is 9.59 Å². The first kappa shape index (κ1) is 19.2. The molecule has 5 rings (SSSR count). The number of amides is 1. The predicted octanol–water partition coefficient (Wildman–Crippen LogP) is 2.73. The zero-order valence-corrected chi connectivity index (χ0v) is 16.9. The van der Waals surface area contributed by atoms with Gasteiger partial charge in [0.25, 0.3) is 11.5 Å². The Morgan fingerprint density at radius 3 is 2.77 bits per heavy atom. The second-order valence-electron chi connectivity index (χ2n) is 7.88. The molecular formula is C23H22N6O2. The third-order valence-electron chi connectivity index (χ3n) is 5.86. The smallest absolute Gasteiger partial charge is 0.253 e. The fraction of sp³-hybridized carbons (Fsp3) is 0.261. The molecule has 0 atom stereocenters. The van der Waals surface area contributed by atoms with Crippen molar-refractivity contribution in [1.82, 2.24) is 29.4 Å². The van der Waals surface area contributed by atoms with Gasteiger partial charge in [0.1, 0.15) is 0 Å². The van der Waals surface area contributed by atoms with E-state index < -0.39 is 0 Å². The van der Waals surface area contributed by atoms with Gasteiger partial charge in [-0.05, 0) is 49.1 Å². The molecule has 8 nitrogen and oxygen atoms in total. The van der Waals surface area contributed by atoms with Gasteiger partial charge in [-0.25, -0.2) is 9.97 Å². The molecule has 1 N–H and O–H groups in total. The number of hydrogen-bond acceptors (Lipinski definition) is 5. The Bertz CT molecular complexity index is 1270. The predicted molar refractivity (Wildman–Crippen MR) is 116 cm³/mol. The van der Waals surface area contributed by atoms with Gasteiger partial charge in [-0.1, -0.05) is 0 Å². The van der Waals surface area contributed by atoms with Crippen LogP contribution in [0.1, 0.15) is 23.2 Å². The molecule has 1 aliphatic rings. The molecule has 0 spiro atoms. The SMILES string of the molecule is O=C(c1ccc2nc[nH]c2c1)N1CCC(Cn2cnc(-c3cccnc3)cc2=O)CC1. The van der Waals surface area contributed by atoms with Crippen LogP contribution in [-0.4, -0.2) is 48.4 Å². The normalized spacial score (nSPS) is 14.8. The van der Waals surface area contributed by atoms with Crippen LogP contribution in [0, 0.1) is 5.92 Å². The molecule has 8 heteroatoms. The maximum Gasteiger partial charge on any atom is 0.253 e. The zero-order chi connectivity index (χ0) is 21.2. The summed E-state index contributed by atoms with van der Waals surface area (Å²) in [5.74, 6) is 0.373. The first-order valence-corrected chi connectivity index (χ1v) is 10.4. The minimum absolute atomic E-state index is 0.0367. The van der Waals surface area contributed by atoms with Crippen LogP contribution in [0.5, 0.6) is 0 Å². The van der Waals surface area contributed by atoms with E-state index in [1.54, 1.807) is 35.7 Å². The Morgan fingerprint density at radius 2 is 2.00 bits per heavy atom. The summed E-state index contributed by atoms with van der Waals surface area (Å²) in [4.78, 5) is 43.1. The topological polar surface area (TPSA) is 96.8 Å². The average Bonchev–Trinajstić information content (AvgIpc) is 3.29. The molecule has 1 fully saturated rings. The molecule has 0 aliphatic carbocycles. The number of fused-ring (bicyclic) bond motifs is 1. The molecule has 0 radical (unpaired) electrons. The minimum Gasteiger partial charge on any atom is -0.345 e. The standard InChI is InChI=1S/C23H22N6O2/c30-22-11-20(18-2-1-7-24-12-18)27-15-29(22)13-16-5-8-28(9-6-16)23(31)17-3-4-19-21(10-17)26-14-25-19/h1-4,7,10-12,14-16H,5-6,8-9,13H2,(H,25,26). The van der Waals surface area contributed by atoms with Crippen LogP contribution in [-0.2, 0) is 6.54 Å². The summed E-state index contributed by atoms with van der Waals surface area (Å²) in [5.41, 5.74) is 3.77. The number of carbonyl (C=O) groups is 1. The number of rotatable bonds is 4. The number of H-pyrrole nitrogens is 1. The fourth-order valence-electron chi connectivity index (χ4n) is 4.08. The summed E-state index contributed by atoms with van der Waals surface area (Å²) in [6.45, 7) is 1.97. The Balaban J connectivity index is 1.22. The number of imidazole rings is 1. The van der Waals surface area contributed by atoms with Gasteiger partial charge >= 0.3 is 0 Å². The molecule has 0 unspecified atom stereocenters.